The first kappa shape index (κ1) is 27.9. The molecule has 2 N–H and O–H groups in total. The molecule has 186 valence electrons. The Bertz CT molecular complexity index is 750. The minimum atomic E-state index is 0. The van der Waals surface area contributed by atoms with E-state index >= 15 is 0 Å². The smallest absolute Gasteiger partial charge is 0.222 e. The molecular formula is C25H42IN5O2. The number of rotatable bonds is 10. The third kappa shape index (κ3) is 9.78. The van der Waals surface area contributed by atoms with E-state index in [4.69, 9.17) is 9.73 Å². The van der Waals surface area contributed by atoms with Gasteiger partial charge in [0.1, 0.15) is 0 Å². The summed E-state index contributed by atoms with van der Waals surface area (Å²) in [5, 5.41) is 7.02. The Kier molecular flexibility index (Phi) is 12.5. The van der Waals surface area contributed by atoms with Crippen molar-refractivity contribution < 1.29 is 9.53 Å². The molecule has 2 fully saturated rings. The summed E-state index contributed by atoms with van der Waals surface area (Å²) < 4.78 is 5.69. The summed E-state index contributed by atoms with van der Waals surface area (Å²) in [6.45, 7) is 13.3. The second-order valence-corrected chi connectivity index (χ2v) is 9.11. The van der Waals surface area contributed by atoms with Gasteiger partial charge >= 0.3 is 0 Å². The van der Waals surface area contributed by atoms with Crippen molar-refractivity contribution >= 4 is 35.8 Å². The molecule has 3 rings (SSSR count). The molecule has 1 aromatic rings. The normalized spacial score (nSPS) is 18.0. The summed E-state index contributed by atoms with van der Waals surface area (Å²) >= 11 is 0. The number of guanidine groups is 1. The van der Waals surface area contributed by atoms with Gasteiger partial charge in [-0.1, -0.05) is 24.3 Å². The van der Waals surface area contributed by atoms with Gasteiger partial charge in [-0.3, -0.25) is 4.79 Å². The van der Waals surface area contributed by atoms with E-state index in [1.54, 1.807) is 0 Å². The number of nitrogens with one attached hydrogen (secondary N) is 2. The minimum absolute atomic E-state index is 0. The third-order valence-electron chi connectivity index (χ3n) is 6.09. The Morgan fingerprint density at radius 3 is 2.64 bits per heavy atom. The van der Waals surface area contributed by atoms with E-state index < -0.39 is 0 Å². The molecule has 0 saturated carbocycles. The number of amides is 1. The Balaban J connectivity index is 0.00000385. The highest BCUT2D eigenvalue weighted by Crippen LogP contribution is 2.16. The van der Waals surface area contributed by atoms with Crippen LogP contribution in [0.5, 0.6) is 0 Å². The third-order valence-corrected chi connectivity index (χ3v) is 6.09. The molecule has 8 heteroatoms. The zero-order valence-electron chi connectivity index (χ0n) is 20.5. The van der Waals surface area contributed by atoms with Crippen LogP contribution >= 0.6 is 24.0 Å². The van der Waals surface area contributed by atoms with Crippen LogP contribution in [0.3, 0.4) is 0 Å². The van der Waals surface area contributed by atoms with E-state index in [-0.39, 0.29) is 29.9 Å². The van der Waals surface area contributed by atoms with Crippen LogP contribution in [0.25, 0.3) is 0 Å². The molecule has 33 heavy (non-hydrogen) atoms. The van der Waals surface area contributed by atoms with Crippen LogP contribution in [-0.4, -0.2) is 73.1 Å². The number of hydrogen-bond acceptors (Lipinski definition) is 4. The highest BCUT2D eigenvalue weighted by atomic mass is 127. The van der Waals surface area contributed by atoms with Crippen molar-refractivity contribution in [3.05, 3.63) is 35.4 Å². The first-order chi connectivity index (χ1) is 15.5. The van der Waals surface area contributed by atoms with E-state index in [9.17, 15) is 4.79 Å². The SMILES string of the molecule is CCNC(=NCc1cccc(CN2CCCC2=O)c1)NC1CCN(CCOC(C)C)CC1.I. The van der Waals surface area contributed by atoms with Crippen molar-refractivity contribution in [2.75, 3.05) is 39.3 Å². The fourth-order valence-corrected chi connectivity index (χ4v) is 4.32. The van der Waals surface area contributed by atoms with Crippen LogP contribution in [0.1, 0.15) is 57.6 Å². The number of nitrogens with zero attached hydrogens (tertiary/aromatic N) is 3. The van der Waals surface area contributed by atoms with Gasteiger partial charge in [-0.25, -0.2) is 4.99 Å². The van der Waals surface area contributed by atoms with Gasteiger partial charge in [-0.05, 0) is 51.2 Å². The number of hydrogen-bond donors (Lipinski definition) is 2. The molecule has 0 radical (unpaired) electrons. The first-order valence-electron chi connectivity index (χ1n) is 12.3. The molecule has 2 aliphatic heterocycles. The first-order valence-corrected chi connectivity index (χ1v) is 12.3. The summed E-state index contributed by atoms with van der Waals surface area (Å²) in [5.74, 6) is 1.15. The molecule has 0 bridgehead atoms. The molecule has 0 aromatic heterocycles. The molecular weight excluding hydrogens is 529 g/mol. The number of carbonyl (C=O) groups is 1. The number of halogens is 1. The molecule has 0 spiro atoms. The van der Waals surface area contributed by atoms with Crippen molar-refractivity contribution in [1.29, 1.82) is 0 Å². The van der Waals surface area contributed by atoms with Crippen LogP contribution in [-0.2, 0) is 22.6 Å². The van der Waals surface area contributed by atoms with Gasteiger partial charge in [0.05, 0.1) is 19.3 Å². The minimum Gasteiger partial charge on any atom is -0.377 e. The monoisotopic (exact) mass is 571 g/mol. The highest BCUT2D eigenvalue weighted by Gasteiger charge is 2.21. The Labute approximate surface area is 216 Å². The Morgan fingerprint density at radius 2 is 1.97 bits per heavy atom. The van der Waals surface area contributed by atoms with Crippen molar-refractivity contribution in [1.82, 2.24) is 20.4 Å². The molecule has 1 aromatic carbocycles. The van der Waals surface area contributed by atoms with Gasteiger partial charge < -0.3 is 25.2 Å². The lowest BCUT2D eigenvalue weighted by Crippen LogP contribution is -2.49. The average Bonchev–Trinajstić information content (AvgIpc) is 3.18. The summed E-state index contributed by atoms with van der Waals surface area (Å²) in [7, 11) is 0. The molecule has 7 nitrogen and oxygen atoms in total. The van der Waals surface area contributed by atoms with Crippen LogP contribution in [0, 0.1) is 0 Å². The van der Waals surface area contributed by atoms with Crippen molar-refractivity contribution in [3.8, 4) is 0 Å². The maximum atomic E-state index is 11.9. The lowest BCUT2D eigenvalue weighted by Gasteiger charge is -2.33. The van der Waals surface area contributed by atoms with Crippen LogP contribution in [0.15, 0.2) is 29.3 Å². The quantitative estimate of drug-likeness (QED) is 0.256. The summed E-state index contributed by atoms with van der Waals surface area (Å²) in [6, 6.07) is 8.90. The van der Waals surface area contributed by atoms with Gasteiger partial charge in [-0.2, -0.15) is 0 Å². The fourth-order valence-electron chi connectivity index (χ4n) is 4.32. The maximum Gasteiger partial charge on any atom is 0.222 e. The molecule has 0 unspecified atom stereocenters. The van der Waals surface area contributed by atoms with E-state index in [1.807, 2.05) is 4.90 Å². The zero-order valence-corrected chi connectivity index (χ0v) is 22.8. The predicted octanol–water partition coefficient (Wildman–Crippen LogP) is 3.37. The molecule has 0 atom stereocenters. The average molecular weight is 572 g/mol. The van der Waals surface area contributed by atoms with Gasteiger partial charge in [0.25, 0.3) is 0 Å². The van der Waals surface area contributed by atoms with E-state index in [2.05, 4.69) is 60.6 Å². The number of ether oxygens (including phenoxy) is 1. The molecule has 2 aliphatic rings. The van der Waals surface area contributed by atoms with Crippen LogP contribution < -0.4 is 10.6 Å². The van der Waals surface area contributed by atoms with E-state index in [1.165, 1.54) is 11.1 Å². The number of aliphatic imine (C=N–C) groups is 1. The van der Waals surface area contributed by atoms with Crippen molar-refractivity contribution in [2.45, 2.75) is 71.7 Å². The largest absolute Gasteiger partial charge is 0.377 e. The number of piperidine rings is 1. The summed E-state index contributed by atoms with van der Waals surface area (Å²) in [4.78, 5) is 21.2. The Morgan fingerprint density at radius 1 is 1.21 bits per heavy atom. The summed E-state index contributed by atoms with van der Waals surface area (Å²) in [6.07, 6.45) is 4.20. The van der Waals surface area contributed by atoms with Crippen molar-refractivity contribution in [2.24, 2.45) is 4.99 Å². The molecule has 1 amide bonds. The second-order valence-electron chi connectivity index (χ2n) is 9.11. The topological polar surface area (TPSA) is 69.2 Å². The zero-order chi connectivity index (χ0) is 22.8. The standard InChI is InChI=1S/C25H41N5O2.HI/c1-4-26-25(28-23-10-13-29(14-11-23)15-16-32-20(2)3)27-18-21-7-5-8-22(17-21)19-30-12-6-9-24(30)31;/h5,7-8,17,20,23H,4,6,9-16,18-19H2,1-3H3,(H2,26,27,28);1H. The van der Waals surface area contributed by atoms with E-state index in [0.717, 1.165) is 64.6 Å². The predicted molar refractivity (Wildman–Crippen MR) is 145 cm³/mol. The number of carbonyl (C=O) groups excluding carboxylic acids is 1. The molecule has 0 aliphatic carbocycles. The Hall–Kier alpha value is -1.39. The maximum absolute atomic E-state index is 11.9. The number of benzene rings is 1. The molecule has 2 saturated heterocycles. The highest BCUT2D eigenvalue weighted by molar-refractivity contribution is 14.0. The lowest BCUT2D eigenvalue weighted by atomic mass is 10.1. The van der Waals surface area contributed by atoms with Crippen LogP contribution in [0.4, 0.5) is 0 Å². The van der Waals surface area contributed by atoms with Gasteiger partial charge in [0.15, 0.2) is 5.96 Å². The summed E-state index contributed by atoms with van der Waals surface area (Å²) in [5.41, 5.74) is 2.35. The molecule has 2 heterocycles. The van der Waals surface area contributed by atoms with E-state index in [0.29, 0.717) is 31.7 Å². The van der Waals surface area contributed by atoms with Gasteiger partial charge in [-0.15, -0.1) is 24.0 Å². The van der Waals surface area contributed by atoms with Gasteiger partial charge in [0, 0.05) is 51.7 Å². The fraction of sp³-hybridized carbons (Fsp3) is 0.680. The van der Waals surface area contributed by atoms with Crippen LogP contribution in [0.2, 0.25) is 0 Å². The van der Waals surface area contributed by atoms with Crippen molar-refractivity contribution in [3.63, 3.8) is 0 Å². The second kappa shape index (κ2) is 14.8. The number of likely N-dealkylation sites (tertiary alicyclic amines) is 2. The van der Waals surface area contributed by atoms with Gasteiger partial charge in [0.2, 0.25) is 5.91 Å². The lowest BCUT2D eigenvalue weighted by molar-refractivity contribution is -0.128.